The second-order valence-corrected chi connectivity index (χ2v) is 5.11. The van der Waals surface area contributed by atoms with Crippen LogP contribution in [0.25, 0.3) is 11.4 Å². The molecular formula is C12H12BrClFN3. The fraction of sp³-hybridized carbons (Fsp3) is 0.333. The van der Waals surface area contributed by atoms with Gasteiger partial charge < -0.3 is 4.57 Å². The lowest BCUT2D eigenvalue weighted by Crippen LogP contribution is -2.07. The lowest BCUT2D eigenvalue weighted by molar-refractivity contribution is 0.580. The topological polar surface area (TPSA) is 30.7 Å². The van der Waals surface area contributed by atoms with E-state index in [0.29, 0.717) is 16.7 Å². The second kappa shape index (κ2) is 5.36. The van der Waals surface area contributed by atoms with Crippen molar-refractivity contribution in [3.63, 3.8) is 0 Å². The summed E-state index contributed by atoms with van der Waals surface area (Å²) in [6.45, 7) is 4.00. The van der Waals surface area contributed by atoms with Gasteiger partial charge in [0.2, 0.25) is 0 Å². The normalized spacial score (nSPS) is 11.2. The Hall–Kier alpha value is -0.940. The highest BCUT2D eigenvalue weighted by Crippen LogP contribution is 2.29. The Bertz CT molecular complexity index is 568. The Morgan fingerprint density at radius 1 is 1.39 bits per heavy atom. The molecule has 0 spiro atoms. The fourth-order valence-electron chi connectivity index (χ4n) is 1.82. The summed E-state index contributed by atoms with van der Waals surface area (Å²) in [6, 6.07) is 5.01. The summed E-state index contributed by atoms with van der Waals surface area (Å²) < 4.78 is 15.9. The van der Waals surface area contributed by atoms with Gasteiger partial charge in [0.15, 0.2) is 11.6 Å². The van der Waals surface area contributed by atoms with Crippen LogP contribution in [0.15, 0.2) is 18.2 Å². The van der Waals surface area contributed by atoms with E-state index in [2.05, 4.69) is 26.1 Å². The van der Waals surface area contributed by atoms with Crippen LogP contribution in [0.5, 0.6) is 0 Å². The van der Waals surface area contributed by atoms with E-state index in [-0.39, 0.29) is 11.1 Å². The maximum Gasteiger partial charge on any atom is 0.167 e. The average Bonchev–Trinajstić information content (AvgIpc) is 2.76. The molecule has 0 saturated heterocycles. The summed E-state index contributed by atoms with van der Waals surface area (Å²) in [4.78, 5) is 0. The van der Waals surface area contributed by atoms with Crippen LogP contribution in [0.4, 0.5) is 4.39 Å². The van der Waals surface area contributed by atoms with Gasteiger partial charge in [-0.15, -0.1) is 10.2 Å². The van der Waals surface area contributed by atoms with Gasteiger partial charge in [0.1, 0.15) is 5.82 Å². The zero-order valence-electron chi connectivity index (χ0n) is 9.99. The molecule has 1 aromatic carbocycles. The Morgan fingerprint density at radius 2 is 2.11 bits per heavy atom. The lowest BCUT2D eigenvalue weighted by atomic mass is 10.2. The van der Waals surface area contributed by atoms with Crippen molar-refractivity contribution in [2.75, 3.05) is 0 Å². The first-order valence-corrected chi connectivity index (χ1v) is 7.00. The minimum Gasteiger partial charge on any atom is -0.308 e. The van der Waals surface area contributed by atoms with E-state index in [1.165, 1.54) is 6.07 Å². The number of rotatable bonds is 3. The first-order valence-electron chi connectivity index (χ1n) is 5.50. The zero-order valence-corrected chi connectivity index (χ0v) is 12.3. The fourth-order valence-corrected chi connectivity index (χ4v) is 2.37. The van der Waals surface area contributed by atoms with Crippen LogP contribution in [0.1, 0.15) is 25.7 Å². The van der Waals surface area contributed by atoms with Gasteiger partial charge in [-0.05, 0) is 26.0 Å². The molecule has 0 unspecified atom stereocenters. The highest BCUT2D eigenvalue weighted by atomic mass is 79.9. The average molecular weight is 333 g/mol. The van der Waals surface area contributed by atoms with Gasteiger partial charge in [-0.2, -0.15) is 0 Å². The Morgan fingerprint density at radius 3 is 2.72 bits per heavy atom. The molecular weight excluding hydrogens is 321 g/mol. The molecule has 1 aromatic heterocycles. The smallest absolute Gasteiger partial charge is 0.167 e. The van der Waals surface area contributed by atoms with E-state index in [1.807, 2.05) is 18.4 Å². The third kappa shape index (κ3) is 2.29. The van der Waals surface area contributed by atoms with Crippen LogP contribution < -0.4 is 0 Å². The molecule has 0 saturated carbocycles. The minimum atomic E-state index is -0.463. The van der Waals surface area contributed by atoms with Gasteiger partial charge >= 0.3 is 0 Å². The quantitative estimate of drug-likeness (QED) is 0.788. The van der Waals surface area contributed by atoms with Crippen molar-refractivity contribution in [2.45, 2.75) is 25.2 Å². The Kier molecular flexibility index (Phi) is 4.02. The molecule has 18 heavy (non-hydrogen) atoms. The molecule has 0 aliphatic heterocycles. The summed E-state index contributed by atoms with van der Waals surface area (Å²) in [5, 5.41) is 8.78. The summed E-state index contributed by atoms with van der Waals surface area (Å²) in [5.41, 5.74) is 0.371. The molecule has 0 aliphatic rings. The van der Waals surface area contributed by atoms with Crippen molar-refractivity contribution in [1.82, 2.24) is 14.8 Å². The second-order valence-electron chi connectivity index (χ2n) is 4.14. The lowest BCUT2D eigenvalue weighted by Gasteiger charge is -2.13. The molecule has 0 aliphatic carbocycles. The number of aromatic nitrogens is 3. The highest BCUT2D eigenvalue weighted by molar-refractivity contribution is 9.08. The van der Waals surface area contributed by atoms with Crippen LogP contribution in [0.2, 0.25) is 5.02 Å². The number of hydrogen-bond donors (Lipinski definition) is 0. The molecule has 2 rings (SSSR count). The third-order valence-electron chi connectivity index (χ3n) is 2.59. The maximum absolute atomic E-state index is 14.0. The van der Waals surface area contributed by atoms with Crippen LogP contribution >= 0.6 is 27.5 Å². The first kappa shape index (κ1) is 13.5. The molecule has 0 radical (unpaired) electrons. The van der Waals surface area contributed by atoms with E-state index in [1.54, 1.807) is 12.1 Å². The van der Waals surface area contributed by atoms with Crippen molar-refractivity contribution < 1.29 is 4.39 Å². The molecule has 6 heteroatoms. The summed E-state index contributed by atoms with van der Waals surface area (Å²) in [5.74, 6) is 0.799. The summed E-state index contributed by atoms with van der Waals surface area (Å²) in [6.07, 6.45) is 0. The van der Waals surface area contributed by atoms with Gasteiger partial charge in [-0.25, -0.2) is 4.39 Å². The molecule has 1 heterocycles. The molecule has 0 atom stereocenters. The standard InChI is InChI=1S/C12H12BrClFN3/c1-7(2)18-10(6-13)16-17-12(18)8-4-3-5-9(14)11(8)15/h3-5,7H,6H2,1-2H3. The van der Waals surface area contributed by atoms with Crippen molar-refractivity contribution in [2.24, 2.45) is 0 Å². The van der Waals surface area contributed by atoms with Gasteiger partial charge in [-0.1, -0.05) is 33.6 Å². The van der Waals surface area contributed by atoms with Crippen molar-refractivity contribution >= 4 is 27.5 Å². The van der Waals surface area contributed by atoms with Gasteiger partial charge in [0.05, 0.1) is 15.9 Å². The largest absolute Gasteiger partial charge is 0.308 e. The Labute approximate surface area is 118 Å². The number of hydrogen-bond acceptors (Lipinski definition) is 2. The minimum absolute atomic E-state index is 0.0891. The first-order chi connectivity index (χ1) is 8.56. The summed E-state index contributed by atoms with van der Waals surface area (Å²) >= 11 is 9.15. The number of nitrogens with zero attached hydrogens (tertiary/aromatic N) is 3. The molecule has 0 bridgehead atoms. The van der Waals surface area contributed by atoms with Crippen molar-refractivity contribution in [3.8, 4) is 11.4 Å². The number of benzene rings is 1. The molecule has 3 nitrogen and oxygen atoms in total. The SMILES string of the molecule is CC(C)n1c(CBr)nnc1-c1cccc(Cl)c1F. The van der Waals surface area contributed by atoms with E-state index in [0.717, 1.165) is 5.82 Å². The number of halogens is 3. The van der Waals surface area contributed by atoms with Crippen molar-refractivity contribution in [1.29, 1.82) is 0 Å². The van der Waals surface area contributed by atoms with Crippen molar-refractivity contribution in [3.05, 3.63) is 34.9 Å². The van der Waals surface area contributed by atoms with Crippen LogP contribution in [-0.4, -0.2) is 14.8 Å². The molecule has 96 valence electrons. The third-order valence-corrected chi connectivity index (χ3v) is 3.39. The number of alkyl halides is 1. The molecule has 2 aromatic rings. The molecule has 0 N–H and O–H groups in total. The molecule has 0 fully saturated rings. The highest BCUT2D eigenvalue weighted by Gasteiger charge is 2.19. The van der Waals surface area contributed by atoms with Gasteiger partial charge in [0, 0.05) is 6.04 Å². The molecule has 0 amide bonds. The Balaban J connectivity index is 2.64. The van der Waals surface area contributed by atoms with Crippen LogP contribution in [0, 0.1) is 5.82 Å². The zero-order chi connectivity index (χ0) is 13.3. The monoisotopic (exact) mass is 331 g/mol. The summed E-state index contributed by atoms with van der Waals surface area (Å²) in [7, 11) is 0. The van der Waals surface area contributed by atoms with Gasteiger partial charge in [-0.3, -0.25) is 0 Å². The van der Waals surface area contributed by atoms with E-state index in [9.17, 15) is 4.39 Å². The van der Waals surface area contributed by atoms with Crippen LogP contribution in [0.3, 0.4) is 0 Å². The van der Waals surface area contributed by atoms with Crippen LogP contribution in [-0.2, 0) is 5.33 Å². The van der Waals surface area contributed by atoms with E-state index >= 15 is 0 Å². The van der Waals surface area contributed by atoms with E-state index in [4.69, 9.17) is 11.6 Å². The predicted molar refractivity (Wildman–Crippen MR) is 73.4 cm³/mol. The maximum atomic E-state index is 14.0. The predicted octanol–water partition coefficient (Wildman–Crippen LogP) is 4.21. The van der Waals surface area contributed by atoms with E-state index < -0.39 is 5.82 Å². The van der Waals surface area contributed by atoms with Gasteiger partial charge in [0.25, 0.3) is 0 Å².